The molecule has 4 nitrogen and oxygen atoms in total. The molecule has 0 radical (unpaired) electrons. The molecule has 1 heterocycles. The number of aryl methyl sites for hydroxylation is 1. The highest BCUT2D eigenvalue weighted by molar-refractivity contribution is 8.00. The van der Waals surface area contributed by atoms with Crippen LogP contribution in [0.25, 0.3) is 0 Å². The van der Waals surface area contributed by atoms with Gasteiger partial charge in [-0.25, -0.2) is 4.39 Å². The third-order valence-electron chi connectivity index (χ3n) is 4.02. The number of hydrogen-bond acceptors (Lipinski definition) is 3. The number of amides is 2. The van der Waals surface area contributed by atoms with Crippen molar-refractivity contribution in [1.82, 2.24) is 4.90 Å². The van der Waals surface area contributed by atoms with Crippen molar-refractivity contribution in [1.29, 1.82) is 0 Å². The minimum atomic E-state index is -0.400. The second-order valence-electron chi connectivity index (χ2n) is 5.97. The number of carbonyl (C=O) groups excluding carboxylic acids is 2. The number of anilines is 1. The second kappa shape index (κ2) is 7.70. The van der Waals surface area contributed by atoms with Gasteiger partial charge in [0, 0.05) is 18.7 Å². The molecule has 1 aliphatic rings. The zero-order chi connectivity index (χ0) is 17.8. The number of nitrogens with one attached hydrogen (secondary N) is 1. The van der Waals surface area contributed by atoms with Crippen LogP contribution in [0, 0.1) is 12.7 Å². The van der Waals surface area contributed by atoms with Crippen molar-refractivity contribution in [3.8, 4) is 0 Å². The fourth-order valence-corrected chi connectivity index (χ4v) is 3.93. The molecule has 3 rings (SSSR count). The van der Waals surface area contributed by atoms with Gasteiger partial charge in [-0.3, -0.25) is 9.59 Å². The van der Waals surface area contributed by atoms with Gasteiger partial charge in [0.1, 0.15) is 11.2 Å². The summed E-state index contributed by atoms with van der Waals surface area (Å²) in [5.74, 6) is -0.181. The van der Waals surface area contributed by atoms with E-state index in [2.05, 4.69) is 5.32 Å². The van der Waals surface area contributed by atoms with Crippen LogP contribution in [0.1, 0.15) is 22.9 Å². The molecule has 2 aromatic rings. The summed E-state index contributed by atoms with van der Waals surface area (Å²) < 4.78 is 13.2. The maximum absolute atomic E-state index is 13.2. The number of carbonyl (C=O) groups is 2. The van der Waals surface area contributed by atoms with Gasteiger partial charge in [-0.15, -0.1) is 11.8 Å². The Morgan fingerprint density at radius 1 is 1.28 bits per heavy atom. The minimum Gasteiger partial charge on any atom is -0.326 e. The van der Waals surface area contributed by atoms with Crippen LogP contribution in [0.4, 0.5) is 10.1 Å². The maximum atomic E-state index is 13.2. The van der Waals surface area contributed by atoms with Gasteiger partial charge < -0.3 is 10.2 Å². The molecule has 1 unspecified atom stereocenters. The summed E-state index contributed by atoms with van der Waals surface area (Å²) in [6.45, 7) is 2.36. The standard InChI is InChI=1S/C19H19FN2O2S/c1-13-5-7-14(8-6-13)19-22(18(24)12-25-19)10-9-17(23)21-16-4-2-3-15(20)11-16/h2-8,11,19H,9-10,12H2,1H3,(H,21,23). The summed E-state index contributed by atoms with van der Waals surface area (Å²) in [7, 11) is 0. The predicted octanol–water partition coefficient (Wildman–Crippen LogP) is 3.74. The Bertz CT molecular complexity index is 779. The molecule has 0 bridgehead atoms. The van der Waals surface area contributed by atoms with Crippen molar-refractivity contribution >= 4 is 29.3 Å². The number of thioether (sulfide) groups is 1. The van der Waals surface area contributed by atoms with Crippen molar-refractivity contribution in [3.05, 3.63) is 65.5 Å². The molecule has 0 aliphatic carbocycles. The maximum Gasteiger partial charge on any atom is 0.233 e. The van der Waals surface area contributed by atoms with Gasteiger partial charge in [-0.2, -0.15) is 0 Å². The normalized spacial score (nSPS) is 17.0. The smallest absolute Gasteiger partial charge is 0.233 e. The van der Waals surface area contributed by atoms with Crippen LogP contribution in [0.15, 0.2) is 48.5 Å². The summed E-state index contributed by atoms with van der Waals surface area (Å²) in [6.07, 6.45) is 0.172. The highest BCUT2D eigenvalue weighted by atomic mass is 32.2. The zero-order valence-electron chi connectivity index (χ0n) is 13.9. The average Bonchev–Trinajstić information content (AvgIpc) is 2.94. The van der Waals surface area contributed by atoms with E-state index in [-0.39, 0.29) is 23.6 Å². The second-order valence-corrected chi connectivity index (χ2v) is 7.04. The molecule has 2 amide bonds. The zero-order valence-corrected chi connectivity index (χ0v) is 14.7. The Hall–Kier alpha value is -2.34. The highest BCUT2D eigenvalue weighted by Gasteiger charge is 2.32. The minimum absolute atomic E-state index is 0.0362. The van der Waals surface area contributed by atoms with Crippen molar-refractivity contribution in [2.24, 2.45) is 0 Å². The largest absolute Gasteiger partial charge is 0.326 e. The van der Waals surface area contributed by atoms with Gasteiger partial charge in [0.15, 0.2) is 0 Å². The lowest BCUT2D eigenvalue weighted by molar-refractivity contribution is -0.128. The lowest BCUT2D eigenvalue weighted by Crippen LogP contribution is -2.31. The van der Waals surface area contributed by atoms with E-state index >= 15 is 0 Å². The lowest BCUT2D eigenvalue weighted by Gasteiger charge is -2.24. The van der Waals surface area contributed by atoms with E-state index in [0.29, 0.717) is 18.0 Å². The number of benzene rings is 2. The first-order valence-electron chi connectivity index (χ1n) is 8.06. The van der Waals surface area contributed by atoms with Crippen molar-refractivity contribution in [2.45, 2.75) is 18.7 Å². The quantitative estimate of drug-likeness (QED) is 0.886. The fourth-order valence-electron chi connectivity index (χ4n) is 2.71. The third kappa shape index (κ3) is 4.39. The van der Waals surface area contributed by atoms with Gasteiger partial charge in [0.05, 0.1) is 5.75 Å². The van der Waals surface area contributed by atoms with Crippen molar-refractivity contribution in [3.63, 3.8) is 0 Å². The Kier molecular flexibility index (Phi) is 5.38. The number of hydrogen-bond donors (Lipinski definition) is 1. The first-order valence-corrected chi connectivity index (χ1v) is 9.11. The fraction of sp³-hybridized carbons (Fsp3) is 0.263. The van der Waals surface area contributed by atoms with Crippen LogP contribution in [0.2, 0.25) is 0 Å². The summed E-state index contributed by atoms with van der Waals surface area (Å²) in [4.78, 5) is 26.0. The Morgan fingerprint density at radius 2 is 2.04 bits per heavy atom. The van der Waals surface area contributed by atoms with E-state index in [1.165, 1.54) is 17.7 Å². The lowest BCUT2D eigenvalue weighted by atomic mass is 10.1. The average molecular weight is 358 g/mol. The molecule has 0 spiro atoms. The van der Waals surface area contributed by atoms with Crippen LogP contribution in [-0.2, 0) is 9.59 Å². The molecule has 1 saturated heterocycles. The van der Waals surface area contributed by atoms with Gasteiger partial charge in [0.25, 0.3) is 0 Å². The van der Waals surface area contributed by atoms with E-state index in [4.69, 9.17) is 0 Å². The van der Waals surface area contributed by atoms with Crippen LogP contribution < -0.4 is 5.32 Å². The van der Waals surface area contributed by atoms with Gasteiger partial charge in [-0.1, -0.05) is 35.9 Å². The summed E-state index contributed by atoms with van der Waals surface area (Å²) in [5, 5.41) is 2.60. The Labute approximate surface area is 150 Å². The molecule has 2 aromatic carbocycles. The highest BCUT2D eigenvalue weighted by Crippen LogP contribution is 2.38. The van der Waals surface area contributed by atoms with E-state index in [0.717, 1.165) is 5.56 Å². The molecule has 1 N–H and O–H groups in total. The third-order valence-corrected chi connectivity index (χ3v) is 5.27. The van der Waals surface area contributed by atoms with E-state index in [1.807, 2.05) is 31.2 Å². The molecule has 0 aromatic heterocycles. The molecular formula is C19H19FN2O2S. The number of halogens is 1. The van der Waals surface area contributed by atoms with Crippen molar-refractivity contribution in [2.75, 3.05) is 17.6 Å². The summed E-state index contributed by atoms with van der Waals surface area (Å²) >= 11 is 1.57. The van der Waals surface area contributed by atoms with Crippen LogP contribution in [0.5, 0.6) is 0 Å². The molecule has 1 fully saturated rings. The van der Waals surface area contributed by atoms with Crippen LogP contribution in [-0.4, -0.2) is 29.0 Å². The first kappa shape index (κ1) is 17.5. The monoisotopic (exact) mass is 358 g/mol. The van der Waals surface area contributed by atoms with E-state index in [1.54, 1.807) is 28.8 Å². The molecular weight excluding hydrogens is 339 g/mol. The Morgan fingerprint density at radius 3 is 2.76 bits per heavy atom. The van der Waals surface area contributed by atoms with E-state index in [9.17, 15) is 14.0 Å². The predicted molar refractivity (Wildman–Crippen MR) is 97.7 cm³/mol. The molecule has 25 heavy (non-hydrogen) atoms. The van der Waals surface area contributed by atoms with E-state index < -0.39 is 5.82 Å². The van der Waals surface area contributed by atoms with Gasteiger partial charge in [-0.05, 0) is 30.7 Å². The van der Waals surface area contributed by atoms with Gasteiger partial charge in [0.2, 0.25) is 11.8 Å². The summed E-state index contributed by atoms with van der Waals surface area (Å²) in [5.41, 5.74) is 2.65. The topological polar surface area (TPSA) is 49.4 Å². The van der Waals surface area contributed by atoms with Crippen molar-refractivity contribution < 1.29 is 14.0 Å². The van der Waals surface area contributed by atoms with Crippen LogP contribution in [0.3, 0.4) is 0 Å². The number of rotatable bonds is 5. The van der Waals surface area contributed by atoms with Crippen LogP contribution >= 0.6 is 11.8 Å². The molecule has 1 atom stereocenters. The van der Waals surface area contributed by atoms with Gasteiger partial charge >= 0.3 is 0 Å². The molecule has 130 valence electrons. The Balaban J connectivity index is 1.61. The first-order chi connectivity index (χ1) is 12.0. The molecule has 1 aliphatic heterocycles. The molecule has 0 saturated carbocycles. The molecule has 6 heteroatoms. The number of nitrogens with zero attached hydrogens (tertiary/aromatic N) is 1. The SMILES string of the molecule is Cc1ccc(C2SCC(=O)N2CCC(=O)Nc2cccc(F)c2)cc1. The summed E-state index contributed by atoms with van der Waals surface area (Å²) in [6, 6.07) is 13.8.